The van der Waals surface area contributed by atoms with Crippen LogP contribution in [-0.2, 0) is 0 Å². The van der Waals surface area contributed by atoms with E-state index in [0.29, 0.717) is 16.4 Å². The molecule has 0 bridgehead atoms. The predicted molar refractivity (Wildman–Crippen MR) is 106 cm³/mol. The molecule has 2 aromatic heterocycles. The van der Waals surface area contributed by atoms with Crippen LogP contribution in [0.4, 0.5) is 0 Å². The lowest BCUT2D eigenvalue weighted by Crippen LogP contribution is -2.17. The smallest absolute Gasteiger partial charge is 0.271 e. The minimum atomic E-state index is -0.314. The van der Waals surface area contributed by atoms with Crippen LogP contribution in [0.2, 0.25) is 5.02 Å². The molecule has 4 aromatic rings. The van der Waals surface area contributed by atoms with E-state index in [1.165, 1.54) is 6.21 Å². The normalized spacial score (nSPS) is 11.1. The summed E-state index contributed by atoms with van der Waals surface area (Å²) in [5, 5.41) is 4.56. The third-order valence-corrected chi connectivity index (χ3v) is 4.27. The molecule has 0 aliphatic heterocycles. The van der Waals surface area contributed by atoms with Crippen molar-refractivity contribution in [3.05, 3.63) is 83.1 Å². The van der Waals surface area contributed by atoms with E-state index in [1.54, 1.807) is 36.7 Å². The van der Waals surface area contributed by atoms with Crippen LogP contribution in [0.25, 0.3) is 22.4 Å². The minimum Gasteiger partial charge on any atom is -0.338 e. The summed E-state index contributed by atoms with van der Waals surface area (Å²) in [5.74, 6) is 0.341. The number of H-pyrrole nitrogens is 1. The van der Waals surface area contributed by atoms with Gasteiger partial charge in [-0.1, -0.05) is 29.8 Å². The van der Waals surface area contributed by atoms with E-state index in [-0.39, 0.29) is 5.91 Å². The standard InChI is InChI=1S/C20H14ClN5O/c21-16-6-2-1-5-15(16)19-24-17-8-7-14(10-18(17)25-19)20(27)26-23-12-13-4-3-9-22-11-13/h1-12H,(H,24,25)(H,26,27)/b23-12+. The third-order valence-electron chi connectivity index (χ3n) is 3.94. The minimum absolute atomic E-state index is 0.314. The zero-order valence-electron chi connectivity index (χ0n) is 14.1. The zero-order valence-corrected chi connectivity index (χ0v) is 14.8. The Morgan fingerprint density at radius 2 is 2.04 bits per heavy atom. The van der Waals surface area contributed by atoms with Crippen LogP contribution in [-0.4, -0.2) is 27.1 Å². The van der Waals surface area contributed by atoms with E-state index in [9.17, 15) is 4.79 Å². The number of pyridine rings is 1. The molecule has 0 aliphatic rings. The number of halogens is 1. The molecule has 6 nitrogen and oxygen atoms in total. The van der Waals surface area contributed by atoms with Crippen molar-refractivity contribution in [2.24, 2.45) is 5.10 Å². The Hall–Kier alpha value is -3.51. The molecule has 2 heterocycles. The molecule has 2 N–H and O–H groups in total. The van der Waals surface area contributed by atoms with Gasteiger partial charge in [-0.2, -0.15) is 5.10 Å². The number of carbonyl (C=O) groups is 1. The van der Waals surface area contributed by atoms with Crippen LogP contribution in [0.1, 0.15) is 15.9 Å². The highest BCUT2D eigenvalue weighted by Crippen LogP contribution is 2.27. The predicted octanol–water partition coefficient (Wildman–Crippen LogP) is 4.04. The van der Waals surface area contributed by atoms with E-state index in [2.05, 4.69) is 25.5 Å². The van der Waals surface area contributed by atoms with Gasteiger partial charge in [0, 0.05) is 29.1 Å². The van der Waals surface area contributed by atoms with Gasteiger partial charge < -0.3 is 4.98 Å². The molecule has 132 valence electrons. The van der Waals surface area contributed by atoms with Crippen molar-refractivity contribution in [1.29, 1.82) is 0 Å². The second kappa shape index (κ2) is 7.39. The van der Waals surface area contributed by atoms with Crippen molar-refractivity contribution in [3.63, 3.8) is 0 Å². The Kier molecular flexibility index (Phi) is 4.63. The number of aromatic nitrogens is 3. The summed E-state index contributed by atoms with van der Waals surface area (Å²) < 4.78 is 0. The molecule has 0 saturated carbocycles. The van der Waals surface area contributed by atoms with Crippen LogP contribution >= 0.6 is 11.6 Å². The molecule has 1 amide bonds. The number of fused-ring (bicyclic) bond motifs is 1. The van der Waals surface area contributed by atoms with Crippen LogP contribution in [0.3, 0.4) is 0 Å². The molecule has 27 heavy (non-hydrogen) atoms. The highest BCUT2D eigenvalue weighted by molar-refractivity contribution is 6.33. The molecule has 0 aliphatic carbocycles. The van der Waals surface area contributed by atoms with Gasteiger partial charge in [0.05, 0.1) is 22.3 Å². The first kappa shape index (κ1) is 16.9. The Morgan fingerprint density at radius 3 is 2.85 bits per heavy atom. The van der Waals surface area contributed by atoms with Gasteiger partial charge in [0.2, 0.25) is 0 Å². The first-order valence-electron chi connectivity index (χ1n) is 8.19. The van der Waals surface area contributed by atoms with Gasteiger partial charge in [-0.25, -0.2) is 10.4 Å². The van der Waals surface area contributed by atoms with Crippen LogP contribution in [0.5, 0.6) is 0 Å². The van der Waals surface area contributed by atoms with E-state index in [1.807, 2.05) is 30.3 Å². The fourth-order valence-corrected chi connectivity index (χ4v) is 2.84. The van der Waals surface area contributed by atoms with E-state index in [0.717, 1.165) is 22.2 Å². The Balaban J connectivity index is 1.55. The summed E-state index contributed by atoms with van der Waals surface area (Å²) >= 11 is 6.23. The summed E-state index contributed by atoms with van der Waals surface area (Å²) in [6.45, 7) is 0. The van der Waals surface area contributed by atoms with Crippen molar-refractivity contribution < 1.29 is 4.79 Å². The van der Waals surface area contributed by atoms with Crippen molar-refractivity contribution in [2.45, 2.75) is 0 Å². The maximum absolute atomic E-state index is 12.3. The van der Waals surface area contributed by atoms with Crippen LogP contribution in [0, 0.1) is 0 Å². The van der Waals surface area contributed by atoms with Crippen molar-refractivity contribution in [1.82, 2.24) is 20.4 Å². The average Bonchev–Trinajstić information content (AvgIpc) is 3.12. The largest absolute Gasteiger partial charge is 0.338 e. The summed E-state index contributed by atoms with van der Waals surface area (Å²) in [5.41, 5.74) is 6.08. The molecule has 2 aromatic carbocycles. The average molecular weight is 376 g/mol. The molecule has 4 rings (SSSR count). The summed E-state index contributed by atoms with van der Waals surface area (Å²) in [6, 6.07) is 16.3. The number of hydrogen-bond acceptors (Lipinski definition) is 4. The topological polar surface area (TPSA) is 83.0 Å². The Labute approximate surface area is 159 Å². The molecule has 0 atom stereocenters. The van der Waals surface area contributed by atoms with Crippen molar-refractivity contribution in [2.75, 3.05) is 0 Å². The molecular formula is C20H14ClN5O. The SMILES string of the molecule is O=C(N/N=C/c1cccnc1)c1ccc2nc(-c3ccccc3Cl)[nH]c2c1. The summed E-state index contributed by atoms with van der Waals surface area (Å²) in [4.78, 5) is 24.0. The number of benzene rings is 2. The second-order valence-corrected chi connectivity index (χ2v) is 6.19. The molecule has 7 heteroatoms. The zero-order chi connectivity index (χ0) is 18.6. The number of hydrogen-bond donors (Lipinski definition) is 2. The lowest BCUT2D eigenvalue weighted by molar-refractivity contribution is 0.0955. The molecular weight excluding hydrogens is 362 g/mol. The van der Waals surface area contributed by atoms with Gasteiger partial charge in [-0.3, -0.25) is 9.78 Å². The molecule has 0 spiro atoms. The fourth-order valence-electron chi connectivity index (χ4n) is 2.61. The molecule has 0 unspecified atom stereocenters. The lowest BCUT2D eigenvalue weighted by Gasteiger charge is -1.99. The van der Waals surface area contributed by atoms with Gasteiger partial charge >= 0.3 is 0 Å². The van der Waals surface area contributed by atoms with Crippen molar-refractivity contribution >= 4 is 34.8 Å². The number of imidazole rings is 1. The second-order valence-electron chi connectivity index (χ2n) is 5.78. The lowest BCUT2D eigenvalue weighted by atomic mass is 10.2. The van der Waals surface area contributed by atoms with Gasteiger partial charge in [0.1, 0.15) is 5.82 Å². The molecule has 0 saturated heterocycles. The highest BCUT2D eigenvalue weighted by Gasteiger charge is 2.11. The van der Waals surface area contributed by atoms with Crippen molar-refractivity contribution in [3.8, 4) is 11.4 Å². The van der Waals surface area contributed by atoms with Gasteiger partial charge in [0.15, 0.2) is 0 Å². The highest BCUT2D eigenvalue weighted by atomic mass is 35.5. The van der Waals surface area contributed by atoms with E-state index < -0.39 is 0 Å². The quantitative estimate of drug-likeness (QED) is 0.417. The summed E-state index contributed by atoms with van der Waals surface area (Å²) in [7, 11) is 0. The van der Waals surface area contributed by atoms with Gasteiger partial charge in [-0.15, -0.1) is 0 Å². The maximum Gasteiger partial charge on any atom is 0.271 e. The van der Waals surface area contributed by atoms with Gasteiger partial charge in [-0.05, 0) is 36.4 Å². The van der Waals surface area contributed by atoms with E-state index in [4.69, 9.17) is 11.6 Å². The third kappa shape index (κ3) is 3.70. The number of aromatic amines is 1. The van der Waals surface area contributed by atoms with E-state index >= 15 is 0 Å². The Bertz CT molecular complexity index is 1140. The first-order valence-corrected chi connectivity index (χ1v) is 8.56. The number of nitrogens with one attached hydrogen (secondary N) is 2. The van der Waals surface area contributed by atoms with Crippen LogP contribution < -0.4 is 5.43 Å². The number of hydrazone groups is 1. The van der Waals surface area contributed by atoms with Crippen LogP contribution in [0.15, 0.2) is 72.1 Å². The first-order chi connectivity index (χ1) is 13.2. The number of rotatable bonds is 4. The monoisotopic (exact) mass is 375 g/mol. The Morgan fingerprint density at radius 1 is 1.15 bits per heavy atom. The number of carbonyl (C=O) groups excluding carboxylic acids is 1. The molecule has 0 fully saturated rings. The van der Waals surface area contributed by atoms with Gasteiger partial charge in [0.25, 0.3) is 5.91 Å². The number of amides is 1. The fraction of sp³-hybridized carbons (Fsp3) is 0. The molecule has 0 radical (unpaired) electrons. The number of nitrogens with zero attached hydrogens (tertiary/aromatic N) is 3. The maximum atomic E-state index is 12.3. The summed E-state index contributed by atoms with van der Waals surface area (Å²) in [6.07, 6.45) is 4.87.